The predicted octanol–water partition coefficient (Wildman–Crippen LogP) is 5.22. The highest BCUT2D eigenvalue weighted by atomic mass is 35.5. The van der Waals surface area contributed by atoms with Gasteiger partial charge < -0.3 is 9.47 Å². The second-order valence-electron chi connectivity index (χ2n) is 6.23. The Balaban J connectivity index is 2.16. The summed E-state index contributed by atoms with van der Waals surface area (Å²) in [6.45, 7) is 5.27. The van der Waals surface area contributed by atoms with E-state index in [2.05, 4.69) is 9.69 Å². The van der Waals surface area contributed by atoms with Crippen molar-refractivity contribution in [1.82, 2.24) is 4.37 Å². The van der Waals surface area contributed by atoms with Crippen molar-refractivity contribution in [3.8, 4) is 0 Å². The zero-order chi connectivity index (χ0) is 19.3. The van der Waals surface area contributed by atoms with E-state index in [9.17, 15) is 9.59 Å². The van der Waals surface area contributed by atoms with E-state index in [0.717, 1.165) is 17.1 Å². The van der Waals surface area contributed by atoms with Crippen molar-refractivity contribution >= 4 is 52.0 Å². The summed E-state index contributed by atoms with van der Waals surface area (Å²) >= 11 is 8.26. The Morgan fingerprint density at radius 2 is 1.92 bits per heavy atom. The smallest absolute Gasteiger partial charge is 0.412 e. The number of nitrogens with one attached hydrogen (secondary N) is 1. The molecule has 0 atom stereocenters. The summed E-state index contributed by atoms with van der Waals surface area (Å²) in [6.07, 6.45) is -0.652. The van der Waals surface area contributed by atoms with E-state index in [1.807, 2.05) is 12.1 Å². The van der Waals surface area contributed by atoms with Gasteiger partial charge in [0, 0.05) is 10.8 Å². The van der Waals surface area contributed by atoms with Gasteiger partial charge in [-0.25, -0.2) is 9.59 Å². The lowest BCUT2D eigenvalue weighted by Crippen LogP contribution is -2.27. The molecule has 2 aromatic rings. The average molecular weight is 415 g/mol. The number of amides is 1. The van der Waals surface area contributed by atoms with Crippen molar-refractivity contribution < 1.29 is 19.1 Å². The molecular weight excluding hydrogens is 396 g/mol. The van der Waals surface area contributed by atoms with Crippen LogP contribution in [0.4, 0.5) is 9.80 Å². The summed E-state index contributed by atoms with van der Waals surface area (Å²) in [7, 11) is 1.28. The number of hydrogen-bond acceptors (Lipinski definition) is 7. The minimum Gasteiger partial charge on any atom is -0.465 e. The Hall–Kier alpha value is -1.77. The number of halogens is 1. The summed E-state index contributed by atoms with van der Waals surface area (Å²) in [5, 5.41) is 4.02. The number of aromatic nitrogens is 1. The number of hydrogen-bond donors (Lipinski definition) is 1. The van der Waals surface area contributed by atoms with Gasteiger partial charge in [0.2, 0.25) is 0 Å². The number of nitrogens with zero attached hydrogens (tertiary/aromatic N) is 1. The van der Waals surface area contributed by atoms with Gasteiger partial charge in [0.15, 0.2) is 0 Å². The van der Waals surface area contributed by atoms with Gasteiger partial charge in [-0.05, 0) is 50.0 Å². The van der Waals surface area contributed by atoms with E-state index in [0.29, 0.717) is 20.8 Å². The molecule has 140 valence electrons. The number of ether oxygens (including phenoxy) is 2. The fraction of sp³-hybridized carbons (Fsp3) is 0.353. The number of methoxy groups -OCH3 is 1. The molecule has 1 amide bonds. The molecule has 26 heavy (non-hydrogen) atoms. The molecule has 0 saturated carbocycles. The third-order valence-corrected chi connectivity index (χ3v) is 5.13. The van der Waals surface area contributed by atoms with Crippen LogP contribution >= 0.6 is 34.9 Å². The monoisotopic (exact) mass is 414 g/mol. The van der Waals surface area contributed by atoms with Gasteiger partial charge in [0.25, 0.3) is 0 Å². The van der Waals surface area contributed by atoms with E-state index in [1.165, 1.54) is 18.9 Å². The summed E-state index contributed by atoms with van der Waals surface area (Å²) in [5.74, 6) is 0.0277. The first-order valence-electron chi connectivity index (χ1n) is 7.65. The number of carbonyl (C=O) groups excluding carboxylic acids is 2. The molecule has 2 rings (SSSR count). The molecule has 0 fully saturated rings. The molecule has 9 heteroatoms. The quantitative estimate of drug-likeness (QED) is 0.533. The lowest BCUT2D eigenvalue weighted by atomic mass is 10.2. The molecule has 0 aliphatic heterocycles. The molecule has 1 aromatic carbocycles. The molecule has 0 saturated heterocycles. The fourth-order valence-electron chi connectivity index (χ4n) is 1.87. The highest BCUT2D eigenvalue weighted by Crippen LogP contribution is 2.34. The van der Waals surface area contributed by atoms with Gasteiger partial charge in [-0.1, -0.05) is 35.5 Å². The van der Waals surface area contributed by atoms with Crippen molar-refractivity contribution in [2.75, 3.05) is 12.4 Å². The molecule has 0 aliphatic carbocycles. The molecule has 0 radical (unpaired) electrons. The zero-order valence-corrected chi connectivity index (χ0v) is 17.2. The lowest BCUT2D eigenvalue weighted by Gasteiger charge is -2.19. The molecule has 1 heterocycles. The SMILES string of the molecule is COC(=O)c1c(SCc2ccc(Cl)cc2)nsc1NC(=O)OC(C)(C)C. The number of thioether (sulfide) groups is 1. The minimum absolute atomic E-state index is 0.224. The molecule has 1 aromatic heterocycles. The molecular formula is C17H19ClN2O4S2. The first-order chi connectivity index (χ1) is 12.2. The average Bonchev–Trinajstić information content (AvgIpc) is 2.94. The van der Waals surface area contributed by atoms with Crippen molar-refractivity contribution in [3.05, 3.63) is 40.4 Å². The Morgan fingerprint density at radius 1 is 1.27 bits per heavy atom. The van der Waals surface area contributed by atoms with Crippen molar-refractivity contribution in [2.45, 2.75) is 37.2 Å². The van der Waals surface area contributed by atoms with Gasteiger partial charge in [0.1, 0.15) is 21.2 Å². The van der Waals surface area contributed by atoms with Gasteiger partial charge in [-0.3, -0.25) is 5.32 Å². The van der Waals surface area contributed by atoms with E-state index in [4.69, 9.17) is 21.1 Å². The maximum absolute atomic E-state index is 12.2. The maximum Gasteiger partial charge on any atom is 0.412 e. The number of rotatable bonds is 5. The van der Waals surface area contributed by atoms with Gasteiger partial charge >= 0.3 is 12.1 Å². The van der Waals surface area contributed by atoms with Crippen LogP contribution in [0.5, 0.6) is 0 Å². The van der Waals surface area contributed by atoms with Crippen LogP contribution < -0.4 is 5.32 Å². The van der Waals surface area contributed by atoms with Crippen molar-refractivity contribution in [2.24, 2.45) is 0 Å². The Kier molecular flexibility index (Phi) is 6.91. The second-order valence-corrected chi connectivity index (χ2v) is 8.40. The summed E-state index contributed by atoms with van der Waals surface area (Å²) in [5.41, 5.74) is 0.610. The molecule has 0 unspecified atom stereocenters. The van der Waals surface area contributed by atoms with Gasteiger partial charge in [-0.2, -0.15) is 4.37 Å². The van der Waals surface area contributed by atoms with Gasteiger partial charge in [-0.15, -0.1) is 0 Å². The Morgan fingerprint density at radius 3 is 2.50 bits per heavy atom. The molecule has 1 N–H and O–H groups in total. The van der Waals surface area contributed by atoms with E-state index < -0.39 is 17.7 Å². The predicted molar refractivity (Wildman–Crippen MR) is 104 cm³/mol. The summed E-state index contributed by atoms with van der Waals surface area (Å²) in [6, 6.07) is 7.41. The van der Waals surface area contributed by atoms with Gasteiger partial charge in [0.05, 0.1) is 7.11 Å². The molecule has 0 aliphatic rings. The second kappa shape index (κ2) is 8.75. The number of anilines is 1. The molecule has 6 nitrogen and oxygen atoms in total. The van der Waals surface area contributed by atoms with E-state index in [1.54, 1.807) is 32.9 Å². The number of benzene rings is 1. The van der Waals surface area contributed by atoms with E-state index in [-0.39, 0.29) is 5.56 Å². The zero-order valence-electron chi connectivity index (χ0n) is 14.8. The van der Waals surface area contributed by atoms with Crippen LogP contribution in [-0.2, 0) is 15.2 Å². The van der Waals surface area contributed by atoms with Crippen LogP contribution in [0.1, 0.15) is 36.7 Å². The third kappa shape index (κ3) is 5.89. The molecule has 0 bridgehead atoms. The standard InChI is InChI=1S/C17H19ClN2O4S2/c1-17(2,3)24-16(22)19-13-12(15(21)23-4)14(20-26-13)25-9-10-5-7-11(18)8-6-10/h5-8H,9H2,1-4H3,(H,19,22). The summed E-state index contributed by atoms with van der Waals surface area (Å²) in [4.78, 5) is 24.1. The highest BCUT2D eigenvalue weighted by molar-refractivity contribution is 7.98. The van der Waals surface area contributed by atoms with Crippen LogP contribution in [0.25, 0.3) is 0 Å². The minimum atomic E-state index is -0.652. The van der Waals surface area contributed by atoms with E-state index >= 15 is 0 Å². The third-order valence-electron chi connectivity index (χ3n) is 2.95. The first kappa shape index (κ1) is 20.5. The van der Waals surface area contributed by atoms with Crippen molar-refractivity contribution in [3.63, 3.8) is 0 Å². The molecule has 0 spiro atoms. The summed E-state index contributed by atoms with van der Waals surface area (Å²) < 4.78 is 14.3. The van der Waals surface area contributed by atoms with Crippen LogP contribution in [-0.4, -0.2) is 29.1 Å². The Bertz CT molecular complexity index is 785. The highest BCUT2D eigenvalue weighted by Gasteiger charge is 2.25. The largest absolute Gasteiger partial charge is 0.465 e. The lowest BCUT2D eigenvalue weighted by molar-refractivity contribution is 0.0598. The van der Waals surface area contributed by atoms with Crippen LogP contribution in [0.2, 0.25) is 5.02 Å². The Labute approximate surface area is 165 Å². The number of carbonyl (C=O) groups is 2. The fourth-order valence-corrected chi connectivity index (χ4v) is 3.87. The maximum atomic E-state index is 12.2. The number of esters is 1. The topological polar surface area (TPSA) is 77.5 Å². The van der Waals surface area contributed by atoms with Crippen molar-refractivity contribution in [1.29, 1.82) is 0 Å². The van der Waals surface area contributed by atoms with Crippen LogP contribution in [0, 0.1) is 0 Å². The van der Waals surface area contributed by atoms with Crippen LogP contribution in [0.15, 0.2) is 29.3 Å². The van der Waals surface area contributed by atoms with Crippen LogP contribution in [0.3, 0.4) is 0 Å². The first-order valence-corrected chi connectivity index (χ1v) is 9.78. The normalized spacial score (nSPS) is 11.1.